The van der Waals surface area contributed by atoms with Gasteiger partial charge in [0.15, 0.2) is 0 Å². The van der Waals surface area contributed by atoms with Crippen LogP contribution in [0, 0.1) is 11.6 Å². The van der Waals surface area contributed by atoms with Gasteiger partial charge in [0.2, 0.25) is 16.0 Å². The van der Waals surface area contributed by atoms with Gasteiger partial charge in [-0.25, -0.2) is 31.3 Å². The van der Waals surface area contributed by atoms with E-state index < -0.39 is 50.0 Å². The van der Waals surface area contributed by atoms with Crippen molar-refractivity contribution in [3.05, 3.63) is 59.4 Å². The van der Waals surface area contributed by atoms with Crippen molar-refractivity contribution in [3.63, 3.8) is 0 Å². The highest BCUT2D eigenvalue weighted by atomic mass is 32.2. The summed E-state index contributed by atoms with van der Waals surface area (Å²) in [6.07, 6.45) is 0.0161. The van der Waals surface area contributed by atoms with E-state index in [9.17, 15) is 22.4 Å². The molecule has 38 heavy (non-hydrogen) atoms. The monoisotopic (exact) mass is 550 g/mol. The highest BCUT2D eigenvalue weighted by Crippen LogP contribution is 2.43. The summed E-state index contributed by atoms with van der Waals surface area (Å²) in [7, 11) is -2.91. The summed E-state index contributed by atoms with van der Waals surface area (Å²) in [5.41, 5.74) is -0.851. The van der Waals surface area contributed by atoms with Crippen molar-refractivity contribution >= 4 is 33.7 Å². The smallest absolute Gasteiger partial charge is 0.437 e. The Morgan fingerprint density at radius 3 is 2.58 bits per heavy atom. The Labute approximate surface area is 218 Å². The molecule has 14 heteroatoms. The van der Waals surface area contributed by atoms with Crippen LogP contribution in [0.5, 0.6) is 0 Å². The fraction of sp³-hybridized carbons (Fsp3) is 0.417. The molecule has 204 valence electrons. The molecule has 0 bridgehead atoms. The van der Waals surface area contributed by atoms with Gasteiger partial charge in [0.1, 0.15) is 27.7 Å². The molecule has 2 unspecified atom stereocenters. The van der Waals surface area contributed by atoms with Crippen LogP contribution >= 0.6 is 0 Å². The highest BCUT2D eigenvalue weighted by Gasteiger charge is 2.59. The van der Waals surface area contributed by atoms with E-state index in [2.05, 4.69) is 25.9 Å². The molecule has 1 spiro atoms. The fourth-order valence-corrected chi connectivity index (χ4v) is 6.42. The third-order valence-corrected chi connectivity index (χ3v) is 8.74. The summed E-state index contributed by atoms with van der Waals surface area (Å²) in [6, 6.07) is 4.79. The molecule has 2 atom stereocenters. The van der Waals surface area contributed by atoms with Gasteiger partial charge in [-0.15, -0.1) is 4.99 Å². The molecule has 3 heterocycles. The van der Waals surface area contributed by atoms with Crippen molar-refractivity contribution < 1.29 is 31.5 Å². The van der Waals surface area contributed by atoms with Crippen molar-refractivity contribution in [1.82, 2.24) is 19.9 Å². The van der Waals surface area contributed by atoms with Gasteiger partial charge in [-0.2, -0.15) is 0 Å². The number of carbonyl (C=O) groups excluding carboxylic acids is 2. The maximum Gasteiger partial charge on any atom is 0.437 e. The van der Waals surface area contributed by atoms with Gasteiger partial charge >= 0.3 is 6.09 Å². The van der Waals surface area contributed by atoms with Crippen LogP contribution in [0.4, 0.5) is 19.3 Å². The Bertz CT molecular complexity index is 1390. The lowest BCUT2D eigenvalue weighted by atomic mass is 9.90. The number of amides is 2. The van der Waals surface area contributed by atoms with Crippen molar-refractivity contribution in [2.45, 2.75) is 43.6 Å². The number of sulfonamides is 1. The van der Waals surface area contributed by atoms with Gasteiger partial charge in [-0.1, -0.05) is 0 Å². The van der Waals surface area contributed by atoms with Gasteiger partial charge in [-0.05, 0) is 64.1 Å². The molecule has 2 fully saturated rings. The number of aromatic nitrogens is 1. The summed E-state index contributed by atoms with van der Waals surface area (Å²) in [6.45, 7) is 5.28. The zero-order chi connectivity index (χ0) is 27.9. The summed E-state index contributed by atoms with van der Waals surface area (Å²) < 4.78 is 60.5. The third-order valence-electron chi connectivity index (χ3n) is 6.24. The Kier molecular flexibility index (Phi) is 7.14. The molecular weight excluding hydrogens is 522 g/mol. The normalized spacial score (nSPS) is 23.8. The number of nitrogens with zero attached hydrogens (tertiary/aromatic N) is 3. The van der Waals surface area contributed by atoms with E-state index in [1.165, 1.54) is 25.2 Å². The standard InChI is InChI=1S/C24H28F2N6O5S/c1-23(2,3)37-22(34)31-21-30-19(24(9-10-27-13-24)38(35,36)32(21)4)16-11-15(6-7-17(16)26)29-20(33)18-8-5-14(25)12-28-18/h5-8,11-12,19,27H,9-10,13H2,1-4H3,(H,29,33)(H,30,31,34). The van der Waals surface area contributed by atoms with Gasteiger partial charge in [0.25, 0.3) is 5.91 Å². The van der Waals surface area contributed by atoms with Crippen LogP contribution in [-0.4, -0.2) is 66.2 Å². The number of anilines is 1. The molecule has 2 saturated heterocycles. The minimum atomic E-state index is -4.17. The zero-order valence-corrected chi connectivity index (χ0v) is 22.0. The maximum absolute atomic E-state index is 15.3. The average Bonchev–Trinajstić information content (AvgIpc) is 3.32. The molecule has 4 rings (SSSR count). The molecule has 2 aliphatic rings. The van der Waals surface area contributed by atoms with Crippen LogP contribution in [0.2, 0.25) is 0 Å². The molecule has 11 nitrogen and oxygen atoms in total. The van der Waals surface area contributed by atoms with Gasteiger partial charge < -0.3 is 20.7 Å². The number of aliphatic imine (C=N–C) groups is 1. The number of nitrogens with one attached hydrogen (secondary N) is 3. The van der Waals surface area contributed by atoms with E-state index in [0.717, 1.165) is 22.6 Å². The number of ether oxygens (including phenoxy) is 1. The predicted octanol–water partition coefficient (Wildman–Crippen LogP) is 2.54. The number of hydrogen-bond donors (Lipinski definition) is 3. The molecule has 1 aromatic carbocycles. The summed E-state index contributed by atoms with van der Waals surface area (Å²) >= 11 is 0. The second-order valence-electron chi connectivity index (χ2n) is 10.0. The average molecular weight is 551 g/mol. The van der Waals surface area contributed by atoms with Crippen molar-refractivity contribution in [2.75, 3.05) is 25.5 Å². The molecule has 2 amide bonds. The van der Waals surface area contributed by atoms with Crippen molar-refractivity contribution in [2.24, 2.45) is 4.99 Å². The molecule has 0 saturated carbocycles. The van der Waals surface area contributed by atoms with Crippen LogP contribution < -0.4 is 16.0 Å². The number of pyridine rings is 1. The highest BCUT2D eigenvalue weighted by molar-refractivity contribution is 7.91. The molecule has 1 aromatic heterocycles. The van der Waals surface area contributed by atoms with Gasteiger partial charge in [-0.3, -0.25) is 4.79 Å². The predicted molar refractivity (Wildman–Crippen MR) is 135 cm³/mol. The molecule has 2 aliphatic heterocycles. The van der Waals surface area contributed by atoms with E-state index in [1.54, 1.807) is 20.8 Å². The van der Waals surface area contributed by atoms with Gasteiger partial charge in [0, 0.05) is 24.8 Å². The SMILES string of the molecule is CN1C(=NC(=O)OC(C)(C)C)NC(c2cc(NC(=O)c3ccc(F)cn3)ccc2F)C2(CCNC2)S1(=O)=O. The first kappa shape index (κ1) is 27.4. The largest absolute Gasteiger partial charge is 0.442 e. The fourth-order valence-electron chi connectivity index (χ4n) is 4.42. The number of rotatable bonds is 3. The number of benzene rings is 1. The Balaban J connectivity index is 1.74. The Morgan fingerprint density at radius 1 is 1.24 bits per heavy atom. The lowest BCUT2D eigenvalue weighted by Crippen LogP contribution is -2.65. The molecular formula is C24H28F2N6O5S. The third kappa shape index (κ3) is 5.18. The van der Waals surface area contributed by atoms with Gasteiger partial charge in [0.05, 0.1) is 12.2 Å². The van der Waals surface area contributed by atoms with E-state index in [0.29, 0.717) is 6.54 Å². The second kappa shape index (κ2) is 9.91. The van der Waals surface area contributed by atoms with Crippen LogP contribution in [-0.2, 0) is 14.8 Å². The quantitative estimate of drug-likeness (QED) is 0.529. The molecule has 0 aliphatic carbocycles. The lowest BCUT2D eigenvalue weighted by molar-refractivity contribution is 0.0601. The summed E-state index contributed by atoms with van der Waals surface area (Å²) in [4.78, 5) is 32.5. The lowest BCUT2D eigenvalue weighted by Gasteiger charge is -2.45. The van der Waals surface area contributed by atoms with Crippen LogP contribution in [0.3, 0.4) is 0 Å². The topological polar surface area (TPSA) is 142 Å². The number of hydrogen-bond acceptors (Lipinski definition) is 7. The number of guanidine groups is 1. The first-order chi connectivity index (χ1) is 17.7. The first-order valence-corrected chi connectivity index (χ1v) is 13.2. The van der Waals surface area contributed by atoms with E-state index in [-0.39, 0.29) is 35.9 Å². The molecule has 0 radical (unpaired) electrons. The summed E-state index contributed by atoms with van der Waals surface area (Å²) in [5, 5.41) is 8.53. The number of halogens is 2. The molecule has 2 aromatic rings. The van der Waals surface area contributed by atoms with Crippen LogP contribution in [0.15, 0.2) is 41.5 Å². The van der Waals surface area contributed by atoms with E-state index in [1.807, 2.05) is 0 Å². The van der Waals surface area contributed by atoms with Crippen LogP contribution in [0.1, 0.15) is 49.3 Å². The Hall–Kier alpha value is -3.65. The van der Waals surface area contributed by atoms with E-state index >= 15 is 4.39 Å². The minimum absolute atomic E-state index is 0.00653. The zero-order valence-electron chi connectivity index (χ0n) is 21.2. The molecule has 3 N–H and O–H groups in total. The van der Waals surface area contributed by atoms with Crippen LogP contribution in [0.25, 0.3) is 0 Å². The van der Waals surface area contributed by atoms with Crippen molar-refractivity contribution in [1.29, 1.82) is 0 Å². The first-order valence-electron chi connectivity index (χ1n) is 11.7. The minimum Gasteiger partial charge on any atom is -0.442 e. The number of carbonyl (C=O) groups is 2. The van der Waals surface area contributed by atoms with Crippen molar-refractivity contribution in [3.8, 4) is 0 Å². The summed E-state index contributed by atoms with van der Waals surface area (Å²) in [5.74, 6) is -2.34. The second-order valence-corrected chi connectivity index (χ2v) is 12.3. The van der Waals surface area contributed by atoms with E-state index in [4.69, 9.17) is 4.74 Å². The maximum atomic E-state index is 15.3. The Morgan fingerprint density at radius 2 is 1.97 bits per heavy atom.